The summed E-state index contributed by atoms with van der Waals surface area (Å²) in [4.78, 5) is 0.803. The van der Waals surface area contributed by atoms with Gasteiger partial charge in [-0.3, -0.25) is 0 Å². The third-order valence-corrected chi connectivity index (χ3v) is 2.05. The van der Waals surface area contributed by atoms with Crippen LogP contribution < -0.4 is 5.32 Å². The Morgan fingerprint density at radius 1 is 1.50 bits per heavy atom. The van der Waals surface area contributed by atoms with E-state index in [0.29, 0.717) is 0 Å². The highest BCUT2D eigenvalue weighted by molar-refractivity contribution is 7.90. The molecule has 1 nitrogen and oxygen atoms in total. The van der Waals surface area contributed by atoms with Gasteiger partial charge in [0, 0.05) is 23.2 Å². The van der Waals surface area contributed by atoms with Crippen LogP contribution in [-0.4, -0.2) is 7.05 Å². The second-order valence-electron chi connectivity index (χ2n) is 2.69. The Kier molecular flexibility index (Phi) is 2.82. The summed E-state index contributed by atoms with van der Waals surface area (Å²) in [7, 11) is 1.90. The normalized spacial score (nSPS) is 9.58. The van der Waals surface area contributed by atoms with Crippen molar-refractivity contribution >= 4 is 23.2 Å². The molecule has 0 amide bonds. The van der Waals surface area contributed by atoms with E-state index in [1.807, 2.05) is 19.2 Å². The molecular formula is C10H13NS. The van der Waals surface area contributed by atoms with Crippen LogP contribution in [0.15, 0.2) is 24.8 Å². The number of thiol groups is 1. The minimum Gasteiger partial charge on any atom is -0.388 e. The van der Waals surface area contributed by atoms with Gasteiger partial charge in [0.1, 0.15) is 0 Å². The van der Waals surface area contributed by atoms with Crippen LogP contribution in [0.1, 0.15) is 11.1 Å². The molecule has 0 saturated carbocycles. The maximum atomic E-state index is 4.25. The molecule has 0 atom stereocenters. The molecule has 0 bridgehead atoms. The summed E-state index contributed by atoms with van der Waals surface area (Å²) >= 11 is 4.25. The molecule has 0 spiro atoms. The van der Waals surface area contributed by atoms with Crippen LogP contribution >= 0.6 is 12.6 Å². The van der Waals surface area contributed by atoms with Crippen molar-refractivity contribution < 1.29 is 0 Å². The molecule has 1 aromatic rings. The van der Waals surface area contributed by atoms with Crippen molar-refractivity contribution in [3.63, 3.8) is 0 Å². The summed E-state index contributed by atoms with van der Waals surface area (Å²) in [6.07, 6.45) is 0. The van der Waals surface area contributed by atoms with Gasteiger partial charge in [0.25, 0.3) is 0 Å². The molecule has 1 rings (SSSR count). The van der Waals surface area contributed by atoms with E-state index >= 15 is 0 Å². The van der Waals surface area contributed by atoms with Crippen molar-refractivity contribution in [3.05, 3.63) is 35.9 Å². The largest absolute Gasteiger partial charge is 0.388 e. The SMILES string of the molecule is C=C(S)c1c(C)cccc1NC. The second kappa shape index (κ2) is 3.68. The highest BCUT2D eigenvalue weighted by atomic mass is 32.1. The monoisotopic (exact) mass is 179 g/mol. The predicted octanol–water partition coefficient (Wildman–Crippen LogP) is 2.94. The minimum atomic E-state index is 0.803. The molecule has 0 radical (unpaired) electrons. The quantitative estimate of drug-likeness (QED) is 0.665. The fraction of sp³-hybridized carbons (Fsp3) is 0.200. The maximum absolute atomic E-state index is 4.25. The molecular weight excluding hydrogens is 166 g/mol. The van der Waals surface area contributed by atoms with Crippen LogP contribution in [0.3, 0.4) is 0 Å². The van der Waals surface area contributed by atoms with Crippen LogP contribution in [0, 0.1) is 6.92 Å². The molecule has 12 heavy (non-hydrogen) atoms. The Morgan fingerprint density at radius 3 is 2.58 bits per heavy atom. The minimum absolute atomic E-state index is 0.803. The van der Waals surface area contributed by atoms with Gasteiger partial charge in [-0.2, -0.15) is 0 Å². The van der Waals surface area contributed by atoms with Crippen molar-refractivity contribution in [1.82, 2.24) is 0 Å². The Labute approximate surface area is 78.9 Å². The fourth-order valence-corrected chi connectivity index (χ4v) is 1.56. The average molecular weight is 179 g/mol. The summed E-state index contributed by atoms with van der Waals surface area (Å²) in [5.41, 5.74) is 3.38. The molecule has 0 fully saturated rings. The number of rotatable bonds is 2. The summed E-state index contributed by atoms with van der Waals surface area (Å²) in [6, 6.07) is 6.09. The first-order valence-corrected chi connectivity index (χ1v) is 4.27. The first kappa shape index (κ1) is 9.20. The van der Waals surface area contributed by atoms with Crippen molar-refractivity contribution in [2.24, 2.45) is 0 Å². The Balaban J connectivity index is 3.29. The molecule has 1 aromatic carbocycles. The van der Waals surface area contributed by atoms with Gasteiger partial charge in [0.2, 0.25) is 0 Å². The molecule has 0 heterocycles. The second-order valence-corrected chi connectivity index (χ2v) is 3.23. The number of aryl methyl sites for hydroxylation is 1. The lowest BCUT2D eigenvalue weighted by Gasteiger charge is -2.10. The van der Waals surface area contributed by atoms with Gasteiger partial charge in [-0.05, 0) is 18.6 Å². The van der Waals surface area contributed by atoms with Crippen molar-refractivity contribution in [1.29, 1.82) is 0 Å². The highest BCUT2D eigenvalue weighted by Gasteiger charge is 2.03. The predicted molar refractivity (Wildman–Crippen MR) is 58.7 cm³/mol. The molecule has 0 unspecified atom stereocenters. The van der Waals surface area contributed by atoms with E-state index in [-0.39, 0.29) is 0 Å². The van der Waals surface area contributed by atoms with Gasteiger partial charge in [-0.15, -0.1) is 12.6 Å². The van der Waals surface area contributed by atoms with E-state index in [9.17, 15) is 0 Å². The first-order valence-electron chi connectivity index (χ1n) is 3.82. The van der Waals surface area contributed by atoms with E-state index < -0.39 is 0 Å². The van der Waals surface area contributed by atoms with Crippen molar-refractivity contribution in [3.8, 4) is 0 Å². The highest BCUT2D eigenvalue weighted by Crippen LogP contribution is 2.27. The lowest BCUT2D eigenvalue weighted by atomic mass is 10.1. The van der Waals surface area contributed by atoms with Gasteiger partial charge >= 0.3 is 0 Å². The zero-order valence-corrected chi connectivity index (χ0v) is 8.28. The Hall–Kier alpha value is -0.890. The molecule has 0 aliphatic heterocycles. The maximum Gasteiger partial charge on any atom is 0.0424 e. The van der Waals surface area contributed by atoms with Crippen molar-refractivity contribution in [2.75, 3.05) is 12.4 Å². The molecule has 0 aliphatic carbocycles. The fourth-order valence-electron chi connectivity index (χ4n) is 1.26. The lowest BCUT2D eigenvalue weighted by molar-refractivity contribution is 1.40. The van der Waals surface area contributed by atoms with E-state index in [1.54, 1.807) is 0 Å². The van der Waals surface area contributed by atoms with Crippen LogP contribution in [0.5, 0.6) is 0 Å². The van der Waals surface area contributed by atoms with E-state index in [0.717, 1.165) is 16.2 Å². The summed E-state index contributed by atoms with van der Waals surface area (Å²) in [5, 5.41) is 3.11. The topological polar surface area (TPSA) is 12.0 Å². The van der Waals surface area contributed by atoms with Gasteiger partial charge in [0.05, 0.1) is 0 Å². The Morgan fingerprint density at radius 2 is 2.17 bits per heavy atom. The lowest BCUT2D eigenvalue weighted by Crippen LogP contribution is -1.94. The molecule has 0 aromatic heterocycles. The number of benzene rings is 1. The Bertz CT molecular complexity index is 305. The van der Waals surface area contributed by atoms with Gasteiger partial charge < -0.3 is 5.32 Å². The van der Waals surface area contributed by atoms with E-state index in [1.165, 1.54) is 5.56 Å². The third kappa shape index (κ3) is 1.64. The number of nitrogens with one attached hydrogen (secondary N) is 1. The first-order chi connectivity index (χ1) is 5.66. The van der Waals surface area contributed by atoms with Crippen molar-refractivity contribution in [2.45, 2.75) is 6.92 Å². The third-order valence-electron chi connectivity index (χ3n) is 1.83. The standard InChI is InChI=1S/C10H13NS/c1-7-5-4-6-9(11-3)10(7)8(2)12/h4-6,11-12H,2H2,1,3H3. The summed E-state index contributed by atoms with van der Waals surface area (Å²) < 4.78 is 0. The van der Waals surface area contributed by atoms with Gasteiger partial charge in [0.15, 0.2) is 0 Å². The molecule has 0 saturated heterocycles. The smallest absolute Gasteiger partial charge is 0.0424 e. The molecule has 1 N–H and O–H groups in total. The van der Waals surface area contributed by atoms with Crippen LogP contribution in [0.4, 0.5) is 5.69 Å². The van der Waals surface area contributed by atoms with Gasteiger partial charge in [-0.1, -0.05) is 18.7 Å². The van der Waals surface area contributed by atoms with Crippen LogP contribution in [0.25, 0.3) is 4.91 Å². The molecule has 2 heteroatoms. The van der Waals surface area contributed by atoms with Crippen LogP contribution in [-0.2, 0) is 0 Å². The summed E-state index contributed by atoms with van der Waals surface area (Å²) in [5.74, 6) is 0. The molecule has 0 aliphatic rings. The number of hydrogen-bond donors (Lipinski definition) is 2. The van der Waals surface area contributed by atoms with Gasteiger partial charge in [-0.25, -0.2) is 0 Å². The summed E-state index contributed by atoms with van der Waals surface area (Å²) in [6.45, 7) is 5.87. The molecule has 64 valence electrons. The van der Waals surface area contributed by atoms with E-state index in [4.69, 9.17) is 0 Å². The van der Waals surface area contributed by atoms with E-state index in [2.05, 4.69) is 37.5 Å². The number of hydrogen-bond acceptors (Lipinski definition) is 2. The van der Waals surface area contributed by atoms with Crippen LogP contribution in [0.2, 0.25) is 0 Å². The average Bonchev–Trinajstić information content (AvgIpc) is 2.03. The zero-order chi connectivity index (χ0) is 9.14. The zero-order valence-electron chi connectivity index (χ0n) is 7.39. The number of anilines is 1.